The molecule has 1 atom stereocenters. The summed E-state index contributed by atoms with van der Waals surface area (Å²) >= 11 is 1.71. The fourth-order valence-corrected chi connectivity index (χ4v) is 2.62. The molecule has 4 heteroatoms. The number of hydrogen-bond donors (Lipinski definition) is 1. The van der Waals surface area contributed by atoms with Crippen LogP contribution in [0.3, 0.4) is 0 Å². The van der Waals surface area contributed by atoms with Gasteiger partial charge in [0.1, 0.15) is 0 Å². The number of ether oxygens (including phenoxy) is 1. The Balaban J connectivity index is 2.71. The number of thiazole rings is 1. The van der Waals surface area contributed by atoms with E-state index < -0.39 is 0 Å². The third-order valence-electron chi connectivity index (χ3n) is 2.89. The van der Waals surface area contributed by atoms with Crippen LogP contribution in [0.25, 0.3) is 0 Å². The largest absolute Gasteiger partial charge is 0.374 e. The monoisotopic (exact) mass is 256 g/mol. The van der Waals surface area contributed by atoms with Crippen LogP contribution in [0.5, 0.6) is 0 Å². The maximum Gasteiger partial charge on any atom is 0.0897 e. The molecule has 1 aromatic rings. The summed E-state index contributed by atoms with van der Waals surface area (Å²) in [5.74, 6) is 0. The third-order valence-corrected chi connectivity index (χ3v) is 3.71. The van der Waals surface area contributed by atoms with Gasteiger partial charge in [-0.05, 0) is 34.2 Å². The molecule has 0 spiro atoms. The van der Waals surface area contributed by atoms with Crippen molar-refractivity contribution in [2.45, 2.75) is 52.7 Å². The molecule has 0 bridgehead atoms. The van der Waals surface area contributed by atoms with Gasteiger partial charge in [0.2, 0.25) is 0 Å². The number of hydrogen-bond acceptors (Lipinski definition) is 4. The van der Waals surface area contributed by atoms with Gasteiger partial charge >= 0.3 is 0 Å². The van der Waals surface area contributed by atoms with Crippen molar-refractivity contribution >= 4 is 11.3 Å². The third kappa shape index (κ3) is 4.37. The molecule has 1 N–H and O–H groups in total. The Morgan fingerprint density at radius 2 is 2.18 bits per heavy atom. The van der Waals surface area contributed by atoms with Crippen LogP contribution in [0, 0.1) is 6.92 Å². The van der Waals surface area contributed by atoms with Gasteiger partial charge in [0.15, 0.2) is 0 Å². The Morgan fingerprint density at radius 3 is 2.65 bits per heavy atom. The first-order valence-corrected chi connectivity index (χ1v) is 7.16. The fraction of sp³-hybridized carbons (Fsp3) is 0.769. The standard InChI is InChI=1S/C13H24N2OS/c1-6-14-12(13(4,5)16-7-2)8-11-9-17-10(3)15-11/h9,12,14H,6-8H2,1-5H3. The van der Waals surface area contributed by atoms with Crippen LogP contribution in [0.4, 0.5) is 0 Å². The Labute approximate surface area is 109 Å². The minimum atomic E-state index is -0.164. The molecule has 0 aliphatic carbocycles. The van der Waals surface area contributed by atoms with Gasteiger partial charge in [-0.25, -0.2) is 4.98 Å². The van der Waals surface area contributed by atoms with E-state index in [1.54, 1.807) is 11.3 Å². The molecule has 1 unspecified atom stereocenters. The second kappa shape index (κ2) is 6.47. The summed E-state index contributed by atoms with van der Waals surface area (Å²) in [6.07, 6.45) is 0.922. The maximum atomic E-state index is 5.84. The van der Waals surface area contributed by atoms with Gasteiger partial charge in [0.05, 0.1) is 16.3 Å². The highest BCUT2D eigenvalue weighted by Gasteiger charge is 2.29. The molecule has 1 rings (SSSR count). The van der Waals surface area contributed by atoms with Crippen molar-refractivity contribution in [2.24, 2.45) is 0 Å². The first-order valence-electron chi connectivity index (χ1n) is 6.28. The van der Waals surface area contributed by atoms with Crippen LogP contribution in [-0.2, 0) is 11.2 Å². The van der Waals surface area contributed by atoms with E-state index in [9.17, 15) is 0 Å². The van der Waals surface area contributed by atoms with E-state index in [0.717, 1.165) is 30.3 Å². The zero-order valence-corrected chi connectivity index (χ0v) is 12.4. The molecule has 0 amide bonds. The van der Waals surface area contributed by atoms with Crippen LogP contribution in [-0.4, -0.2) is 29.8 Å². The van der Waals surface area contributed by atoms with Crippen LogP contribution < -0.4 is 5.32 Å². The highest BCUT2D eigenvalue weighted by atomic mass is 32.1. The van der Waals surface area contributed by atoms with E-state index in [1.807, 2.05) is 13.8 Å². The molecular weight excluding hydrogens is 232 g/mol. The predicted octanol–water partition coefficient (Wildman–Crippen LogP) is 2.79. The topological polar surface area (TPSA) is 34.2 Å². The van der Waals surface area contributed by atoms with E-state index in [-0.39, 0.29) is 5.60 Å². The van der Waals surface area contributed by atoms with Gasteiger partial charge in [-0.1, -0.05) is 6.92 Å². The van der Waals surface area contributed by atoms with Gasteiger partial charge in [-0.15, -0.1) is 11.3 Å². The molecule has 0 fully saturated rings. The van der Waals surface area contributed by atoms with Crippen LogP contribution in [0.2, 0.25) is 0 Å². The van der Waals surface area contributed by atoms with Gasteiger partial charge in [-0.2, -0.15) is 0 Å². The number of likely N-dealkylation sites (N-methyl/N-ethyl adjacent to an activating group) is 1. The van der Waals surface area contributed by atoms with Crippen molar-refractivity contribution in [3.8, 4) is 0 Å². The normalized spacial score (nSPS) is 13.9. The van der Waals surface area contributed by atoms with Crippen molar-refractivity contribution in [3.05, 3.63) is 16.1 Å². The Morgan fingerprint density at radius 1 is 1.47 bits per heavy atom. The lowest BCUT2D eigenvalue weighted by Gasteiger charge is -2.34. The van der Waals surface area contributed by atoms with Crippen molar-refractivity contribution in [2.75, 3.05) is 13.2 Å². The van der Waals surface area contributed by atoms with Crippen LogP contribution >= 0.6 is 11.3 Å². The number of rotatable bonds is 7. The summed E-state index contributed by atoms with van der Waals surface area (Å²) in [7, 11) is 0. The summed E-state index contributed by atoms with van der Waals surface area (Å²) in [6, 6.07) is 0.300. The fourth-order valence-electron chi connectivity index (χ4n) is 1.99. The van der Waals surface area contributed by atoms with Crippen molar-refractivity contribution in [1.82, 2.24) is 10.3 Å². The molecule has 1 heterocycles. The second-order valence-electron chi connectivity index (χ2n) is 4.71. The van der Waals surface area contributed by atoms with Crippen molar-refractivity contribution in [1.29, 1.82) is 0 Å². The molecule has 0 saturated carbocycles. The predicted molar refractivity (Wildman–Crippen MR) is 73.7 cm³/mol. The van der Waals surface area contributed by atoms with Crippen molar-refractivity contribution in [3.63, 3.8) is 0 Å². The summed E-state index contributed by atoms with van der Waals surface area (Å²) in [5.41, 5.74) is 0.994. The molecular formula is C13H24N2OS. The highest BCUT2D eigenvalue weighted by molar-refractivity contribution is 7.09. The van der Waals surface area contributed by atoms with E-state index in [4.69, 9.17) is 4.74 Å². The molecule has 3 nitrogen and oxygen atoms in total. The Hall–Kier alpha value is -0.450. The summed E-state index contributed by atoms with van der Waals surface area (Å²) in [6.45, 7) is 12.2. The van der Waals surface area contributed by atoms with Crippen LogP contribution in [0.1, 0.15) is 38.4 Å². The van der Waals surface area contributed by atoms with Gasteiger partial charge in [0.25, 0.3) is 0 Å². The number of aromatic nitrogens is 1. The van der Waals surface area contributed by atoms with E-state index in [0.29, 0.717) is 6.04 Å². The molecule has 1 aromatic heterocycles. The van der Waals surface area contributed by atoms with Gasteiger partial charge in [-0.3, -0.25) is 0 Å². The summed E-state index contributed by atoms with van der Waals surface area (Å²) < 4.78 is 5.84. The second-order valence-corrected chi connectivity index (χ2v) is 5.77. The maximum absolute atomic E-state index is 5.84. The lowest BCUT2D eigenvalue weighted by Crippen LogP contribution is -2.50. The van der Waals surface area contributed by atoms with E-state index in [2.05, 4.69) is 36.5 Å². The van der Waals surface area contributed by atoms with E-state index in [1.165, 1.54) is 0 Å². The first-order chi connectivity index (χ1) is 7.99. The Kier molecular flexibility index (Phi) is 5.56. The number of nitrogens with zero attached hydrogens (tertiary/aromatic N) is 1. The first kappa shape index (κ1) is 14.6. The Bertz CT molecular complexity index is 336. The molecule has 0 aliphatic heterocycles. The van der Waals surface area contributed by atoms with Crippen LogP contribution in [0.15, 0.2) is 5.38 Å². The molecule has 17 heavy (non-hydrogen) atoms. The lowest BCUT2D eigenvalue weighted by molar-refractivity contribution is -0.0378. The quantitative estimate of drug-likeness (QED) is 0.814. The molecule has 0 aliphatic rings. The molecule has 0 radical (unpaired) electrons. The smallest absolute Gasteiger partial charge is 0.0897 e. The van der Waals surface area contributed by atoms with Crippen molar-refractivity contribution < 1.29 is 4.74 Å². The minimum Gasteiger partial charge on any atom is -0.374 e. The minimum absolute atomic E-state index is 0.164. The van der Waals surface area contributed by atoms with Gasteiger partial charge in [0, 0.05) is 24.4 Å². The zero-order valence-electron chi connectivity index (χ0n) is 11.5. The lowest BCUT2D eigenvalue weighted by atomic mass is 9.94. The van der Waals surface area contributed by atoms with E-state index >= 15 is 0 Å². The SMILES string of the molecule is CCNC(Cc1csc(C)n1)C(C)(C)OCC. The average Bonchev–Trinajstić information content (AvgIpc) is 2.63. The number of nitrogens with one attached hydrogen (secondary N) is 1. The molecule has 98 valence electrons. The number of aryl methyl sites for hydroxylation is 1. The van der Waals surface area contributed by atoms with Gasteiger partial charge < -0.3 is 10.1 Å². The molecule has 0 saturated heterocycles. The average molecular weight is 256 g/mol. The summed E-state index contributed by atoms with van der Waals surface area (Å²) in [5, 5.41) is 6.77. The molecule has 0 aromatic carbocycles. The summed E-state index contributed by atoms with van der Waals surface area (Å²) in [4.78, 5) is 4.53. The zero-order chi connectivity index (χ0) is 12.9. The highest BCUT2D eigenvalue weighted by Crippen LogP contribution is 2.20.